The van der Waals surface area contributed by atoms with Gasteiger partial charge in [0.2, 0.25) is 0 Å². The van der Waals surface area contributed by atoms with Gasteiger partial charge >= 0.3 is 5.97 Å². The SMILES string of the molecule is CC(C)CC(C/C(N)=N/NN)C(=O)O.Cc1ccc(CCCN)c(F)c1. The number of aryl methyl sites for hydroxylation is 2. The molecule has 0 aliphatic rings. The van der Waals surface area contributed by atoms with Crippen molar-refractivity contribution in [2.45, 2.75) is 46.5 Å². The molecule has 0 aliphatic carbocycles. The second-order valence-corrected chi connectivity index (χ2v) is 6.59. The summed E-state index contributed by atoms with van der Waals surface area (Å²) >= 11 is 0. The van der Waals surface area contributed by atoms with Crippen LogP contribution in [0.1, 0.15) is 44.2 Å². The number of nitrogens with one attached hydrogen (secondary N) is 1. The number of hydrogen-bond donors (Lipinski definition) is 5. The quantitative estimate of drug-likeness (QED) is 0.195. The number of carboxylic acids is 1. The molecular formula is C18H32FN5O2. The fourth-order valence-electron chi connectivity index (χ4n) is 2.37. The molecule has 8 N–H and O–H groups in total. The molecule has 1 rings (SSSR count). The number of carbonyl (C=O) groups is 1. The number of halogens is 1. The van der Waals surface area contributed by atoms with E-state index < -0.39 is 11.9 Å². The fourth-order valence-corrected chi connectivity index (χ4v) is 2.37. The van der Waals surface area contributed by atoms with Crippen molar-refractivity contribution >= 4 is 11.8 Å². The van der Waals surface area contributed by atoms with Crippen LogP contribution in [0.5, 0.6) is 0 Å². The Kier molecular flexibility index (Phi) is 12.0. The number of hydrogen-bond acceptors (Lipinski definition) is 5. The molecule has 0 aliphatic heterocycles. The average Bonchev–Trinajstić information content (AvgIpc) is 2.54. The van der Waals surface area contributed by atoms with Gasteiger partial charge in [0.25, 0.3) is 0 Å². The standard InChI is InChI=1S/C10H14FN.C8H18N4O2/c1-8-4-5-9(3-2-6-12)10(11)7-8;1-5(2)3-6(8(13)14)4-7(9)11-12-10/h4-5,7H,2-3,6,12H2,1H3;5-6,12H,3-4,10H2,1-2H3,(H2,9,11)(H,13,14). The Balaban J connectivity index is 0.000000485. The topological polar surface area (TPSA) is 140 Å². The van der Waals surface area contributed by atoms with Gasteiger partial charge in [0.1, 0.15) is 11.7 Å². The van der Waals surface area contributed by atoms with Crippen molar-refractivity contribution in [3.8, 4) is 0 Å². The number of hydrazone groups is 1. The number of aliphatic carboxylic acids is 1. The first kappa shape index (κ1) is 23.8. The zero-order chi connectivity index (χ0) is 20.1. The van der Waals surface area contributed by atoms with Crippen molar-refractivity contribution in [3.05, 3.63) is 35.1 Å². The van der Waals surface area contributed by atoms with Gasteiger partial charge in [-0.2, -0.15) is 5.10 Å². The first-order valence-electron chi connectivity index (χ1n) is 8.66. The van der Waals surface area contributed by atoms with Crippen molar-refractivity contribution in [3.63, 3.8) is 0 Å². The van der Waals surface area contributed by atoms with Gasteiger partial charge in [-0.1, -0.05) is 26.0 Å². The van der Waals surface area contributed by atoms with E-state index in [1.807, 2.05) is 38.4 Å². The van der Waals surface area contributed by atoms with Crippen LogP contribution in [0.25, 0.3) is 0 Å². The molecule has 0 saturated heterocycles. The van der Waals surface area contributed by atoms with E-state index in [-0.39, 0.29) is 18.1 Å². The molecule has 1 aromatic carbocycles. The predicted octanol–water partition coefficient (Wildman–Crippen LogP) is 1.88. The highest BCUT2D eigenvalue weighted by molar-refractivity contribution is 5.84. The van der Waals surface area contributed by atoms with Gasteiger partial charge in [-0.25, -0.2) is 15.8 Å². The van der Waals surface area contributed by atoms with E-state index in [0.29, 0.717) is 18.9 Å². The number of amidine groups is 1. The van der Waals surface area contributed by atoms with E-state index in [0.717, 1.165) is 24.0 Å². The van der Waals surface area contributed by atoms with Crippen LogP contribution in [0, 0.1) is 24.6 Å². The largest absolute Gasteiger partial charge is 0.481 e. The van der Waals surface area contributed by atoms with Crippen LogP contribution < -0.4 is 22.8 Å². The fraction of sp³-hybridized carbons (Fsp3) is 0.556. The number of nitrogens with two attached hydrogens (primary N) is 3. The van der Waals surface area contributed by atoms with Gasteiger partial charge in [-0.05, 0) is 55.8 Å². The third kappa shape index (κ3) is 10.6. The van der Waals surface area contributed by atoms with Gasteiger partial charge < -0.3 is 16.6 Å². The monoisotopic (exact) mass is 369 g/mol. The third-order valence-electron chi connectivity index (χ3n) is 3.63. The highest BCUT2D eigenvalue weighted by atomic mass is 19.1. The second kappa shape index (κ2) is 13.1. The Bertz CT molecular complexity index is 579. The lowest BCUT2D eigenvalue weighted by atomic mass is 9.94. The molecule has 1 unspecified atom stereocenters. The van der Waals surface area contributed by atoms with Gasteiger partial charge in [-0.15, -0.1) is 0 Å². The van der Waals surface area contributed by atoms with E-state index in [1.54, 1.807) is 6.07 Å². The number of benzene rings is 1. The molecule has 148 valence electrons. The van der Waals surface area contributed by atoms with E-state index in [9.17, 15) is 9.18 Å². The summed E-state index contributed by atoms with van der Waals surface area (Å²) in [5.74, 6) is 3.99. The van der Waals surface area contributed by atoms with E-state index in [1.165, 1.54) is 0 Å². The number of carboxylic acid groups (broad SMARTS) is 1. The van der Waals surface area contributed by atoms with Crippen LogP contribution in [0.3, 0.4) is 0 Å². The molecule has 0 heterocycles. The lowest BCUT2D eigenvalue weighted by Crippen LogP contribution is -2.27. The number of hydrazine groups is 1. The van der Waals surface area contributed by atoms with Crippen LogP contribution in [0.15, 0.2) is 23.3 Å². The molecule has 0 fully saturated rings. The molecule has 0 amide bonds. The van der Waals surface area contributed by atoms with Gasteiger partial charge in [-0.3, -0.25) is 4.79 Å². The number of nitrogens with zero attached hydrogens (tertiary/aromatic N) is 1. The molecule has 8 heteroatoms. The molecule has 0 bridgehead atoms. The molecule has 1 atom stereocenters. The maximum absolute atomic E-state index is 13.1. The normalized spacial score (nSPS) is 12.3. The maximum Gasteiger partial charge on any atom is 0.306 e. The van der Waals surface area contributed by atoms with Crippen molar-refractivity contribution in [1.29, 1.82) is 0 Å². The van der Waals surface area contributed by atoms with Crippen LogP contribution >= 0.6 is 0 Å². The smallest absolute Gasteiger partial charge is 0.306 e. The average molecular weight is 369 g/mol. The van der Waals surface area contributed by atoms with E-state index in [2.05, 4.69) is 5.10 Å². The van der Waals surface area contributed by atoms with E-state index in [4.69, 9.17) is 22.4 Å². The summed E-state index contributed by atoms with van der Waals surface area (Å²) in [7, 11) is 0. The number of rotatable bonds is 9. The highest BCUT2D eigenvalue weighted by Crippen LogP contribution is 2.15. The maximum atomic E-state index is 13.1. The van der Waals surface area contributed by atoms with Crippen LogP contribution in [0.2, 0.25) is 0 Å². The Morgan fingerprint density at radius 1 is 1.38 bits per heavy atom. The lowest BCUT2D eigenvalue weighted by molar-refractivity contribution is -0.142. The Morgan fingerprint density at radius 2 is 2.04 bits per heavy atom. The van der Waals surface area contributed by atoms with Crippen LogP contribution in [-0.2, 0) is 11.2 Å². The molecule has 26 heavy (non-hydrogen) atoms. The Hall–Kier alpha value is -2.19. The molecule has 0 aromatic heterocycles. The first-order valence-corrected chi connectivity index (χ1v) is 8.66. The molecule has 0 spiro atoms. The summed E-state index contributed by atoms with van der Waals surface area (Å²) < 4.78 is 13.1. The summed E-state index contributed by atoms with van der Waals surface area (Å²) in [5, 5.41) is 12.4. The predicted molar refractivity (Wildman–Crippen MR) is 103 cm³/mol. The van der Waals surface area contributed by atoms with Crippen LogP contribution in [0.4, 0.5) is 4.39 Å². The highest BCUT2D eigenvalue weighted by Gasteiger charge is 2.20. The lowest BCUT2D eigenvalue weighted by Gasteiger charge is -2.13. The van der Waals surface area contributed by atoms with Gasteiger partial charge in [0, 0.05) is 6.42 Å². The van der Waals surface area contributed by atoms with Gasteiger partial charge in [0.15, 0.2) is 0 Å². The van der Waals surface area contributed by atoms with Gasteiger partial charge in [0.05, 0.1) is 5.92 Å². The van der Waals surface area contributed by atoms with Crippen molar-refractivity contribution in [1.82, 2.24) is 5.53 Å². The molecule has 1 aromatic rings. The minimum Gasteiger partial charge on any atom is -0.481 e. The summed E-state index contributed by atoms with van der Waals surface area (Å²) in [6.45, 7) is 6.43. The summed E-state index contributed by atoms with van der Waals surface area (Å²) in [6.07, 6.45) is 2.39. The van der Waals surface area contributed by atoms with E-state index >= 15 is 0 Å². The summed E-state index contributed by atoms with van der Waals surface area (Å²) in [6, 6.07) is 5.32. The molecule has 0 saturated carbocycles. The molecular weight excluding hydrogens is 337 g/mol. The van der Waals surface area contributed by atoms with Crippen molar-refractivity contribution in [2.24, 2.45) is 34.2 Å². The minimum atomic E-state index is -0.853. The minimum absolute atomic E-state index is 0.108. The molecule has 0 radical (unpaired) electrons. The second-order valence-electron chi connectivity index (χ2n) is 6.59. The zero-order valence-corrected chi connectivity index (χ0v) is 15.8. The van der Waals surface area contributed by atoms with Crippen molar-refractivity contribution in [2.75, 3.05) is 6.54 Å². The Morgan fingerprint density at radius 3 is 2.50 bits per heavy atom. The summed E-state index contributed by atoms with van der Waals surface area (Å²) in [4.78, 5) is 10.8. The van der Waals surface area contributed by atoms with Crippen molar-refractivity contribution < 1.29 is 14.3 Å². The zero-order valence-electron chi connectivity index (χ0n) is 15.8. The third-order valence-corrected chi connectivity index (χ3v) is 3.63. The summed E-state index contributed by atoms with van der Waals surface area (Å²) in [5.41, 5.74) is 14.5. The van der Waals surface area contributed by atoms with Crippen LogP contribution in [-0.4, -0.2) is 23.5 Å². The first-order chi connectivity index (χ1) is 12.2. The molecule has 7 nitrogen and oxygen atoms in total. The Labute approximate surface area is 154 Å².